The van der Waals surface area contributed by atoms with E-state index in [1.54, 1.807) is 7.11 Å². The maximum Gasteiger partial charge on any atom is 0.118 e. The van der Waals surface area contributed by atoms with Crippen molar-refractivity contribution in [3.05, 3.63) is 66.7 Å². The summed E-state index contributed by atoms with van der Waals surface area (Å²) in [6.07, 6.45) is 0. The molecule has 1 aromatic heterocycles. The highest BCUT2D eigenvalue weighted by Gasteiger charge is 2.08. The van der Waals surface area contributed by atoms with E-state index in [0.29, 0.717) is 0 Å². The quantitative estimate of drug-likeness (QED) is 0.510. The molecule has 0 bridgehead atoms. The highest BCUT2D eigenvalue weighted by Crippen LogP contribution is 2.29. The second kappa shape index (κ2) is 5.11. The number of methoxy groups -OCH3 is 1. The largest absolute Gasteiger partial charge is 0.497 e. The summed E-state index contributed by atoms with van der Waals surface area (Å²) in [7, 11) is 1.67. The van der Waals surface area contributed by atoms with E-state index in [-0.39, 0.29) is 0 Å². The van der Waals surface area contributed by atoms with Gasteiger partial charge >= 0.3 is 0 Å². The van der Waals surface area contributed by atoms with Crippen molar-refractivity contribution in [1.29, 1.82) is 0 Å². The first-order valence-corrected chi connectivity index (χ1v) is 7.15. The molecule has 3 nitrogen and oxygen atoms in total. The summed E-state index contributed by atoms with van der Waals surface area (Å²) in [6.45, 7) is 0. The third-order valence-corrected chi connectivity index (χ3v) is 3.77. The van der Waals surface area contributed by atoms with E-state index >= 15 is 0 Å². The Morgan fingerprint density at radius 3 is 2.09 bits per heavy atom. The van der Waals surface area contributed by atoms with Gasteiger partial charge in [0, 0.05) is 5.56 Å². The molecule has 1 heterocycles. The summed E-state index contributed by atoms with van der Waals surface area (Å²) in [5.74, 6) is 0.848. The lowest BCUT2D eigenvalue weighted by Crippen LogP contribution is -1.90. The average molecular weight is 286 g/mol. The fraction of sp³-hybridized carbons (Fsp3) is 0.0526. The maximum atomic E-state index is 5.22. The van der Waals surface area contributed by atoms with Crippen LogP contribution in [0.2, 0.25) is 0 Å². The van der Waals surface area contributed by atoms with Gasteiger partial charge in [0.2, 0.25) is 0 Å². The Kier molecular flexibility index (Phi) is 2.97. The zero-order valence-electron chi connectivity index (χ0n) is 12.2. The molecular formula is C19H14N2O. The molecule has 0 saturated heterocycles. The van der Waals surface area contributed by atoms with E-state index in [2.05, 4.69) is 6.07 Å². The summed E-state index contributed by atoms with van der Waals surface area (Å²) in [4.78, 5) is 9.51. The van der Waals surface area contributed by atoms with Crippen molar-refractivity contribution in [2.24, 2.45) is 0 Å². The van der Waals surface area contributed by atoms with Gasteiger partial charge in [-0.1, -0.05) is 36.4 Å². The minimum absolute atomic E-state index is 0.848. The minimum atomic E-state index is 0.848. The topological polar surface area (TPSA) is 35.0 Å². The number of para-hydroxylation sites is 3. The van der Waals surface area contributed by atoms with Gasteiger partial charge < -0.3 is 4.74 Å². The van der Waals surface area contributed by atoms with Crippen molar-refractivity contribution in [3.8, 4) is 16.9 Å². The third kappa shape index (κ3) is 2.07. The van der Waals surface area contributed by atoms with E-state index in [1.165, 1.54) is 0 Å². The standard InChI is InChI=1S/C19H14N2O/c1-22-14-11-9-13(10-12-14)15-5-4-8-18-19(15)21-17-7-3-2-6-16(17)20-18/h2-12H,1H3. The fourth-order valence-corrected chi connectivity index (χ4v) is 2.65. The smallest absolute Gasteiger partial charge is 0.118 e. The summed E-state index contributed by atoms with van der Waals surface area (Å²) in [6, 6.07) is 22.1. The van der Waals surface area contributed by atoms with Gasteiger partial charge in [0.05, 0.1) is 29.2 Å². The van der Waals surface area contributed by atoms with Crippen LogP contribution < -0.4 is 4.74 Å². The van der Waals surface area contributed by atoms with Crippen molar-refractivity contribution in [2.45, 2.75) is 0 Å². The van der Waals surface area contributed by atoms with Crippen molar-refractivity contribution < 1.29 is 4.74 Å². The third-order valence-electron chi connectivity index (χ3n) is 3.77. The highest BCUT2D eigenvalue weighted by molar-refractivity contribution is 5.95. The van der Waals surface area contributed by atoms with Crippen LogP contribution in [0.3, 0.4) is 0 Å². The molecule has 0 amide bonds. The number of aromatic nitrogens is 2. The number of benzene rings is 3. The molecule has 3 aromatic carbocycles. The number of rotatable bonds is 2. The summed E-state index contributed by atoms with van der Waals surface area (Å²) < 4.78 is 5.22. The van der Waals surface area contributed by atoms with E-state index in [9.17, 15) is 0 Å². The molecule has 3 heteroatoms. The van der Waals surface area contributed by atoms with Crippen LogP contribution in [0, 0.1) is 0 Å². The second-order valence-electron chi connectivity index (χ2n) is 5.11. The molecule has 22 heavy (non-hydrogen) atoms. The monoisotopic (exact) mass is 286 g/mol. The van der Waals surface area contributed by atoms with Crippen molar-refractivity contribution in [3.63, 3.8) is 0 Å². The molecule has 106 valence electrons. The van der Waals surface area contributed by atoms with Crippen LogP contribution >= 0.6 is 0 Å². The van der Waals surface area contributed by atoms with Gasteiger partial charge in [-0.2, -0.15) is 0 Å². The van der Waals surface area contributed by atoms with E-state index in [4.69, 9.17) is 14.7 Å². The predicted octanol–water partition coefficient (Wildman–Crippen LogP) is 4.46. The molecule has 0 saturated carbocycles. The van der Waals surface area contributed by atoms with Gasteiger partial charge in [0.25, 0.3) is 0 Å². The van der Waals surface area contributed by atoms with Crippen molar-refractivity contribution in [1.82, 2.24) is 9.97 Å². The zero-order chi connectivity index (χ0) is 14.9. The first kappa shape index (κ1) is 12.8. The van der Waals surface area contributed by atoms with Crippen LogP contribution in [0.4, 0.5) is 0 Å². The molecular weight excluding hydrogens is 272 g/mol. The van der Waals surface area contributed by atoms with Gasteiger partial charge in [-0.15, -0.1) is 0 Å². The zero-order valence-corrected chi connectivity index (χ0v) is 12.2. The minimum Gasteiger partial charge on any atom is -0.497 e. The molecule has 0 aliphatic heterocycles. The Labute approximate surface area is 128 Å². The van der Waals surface area contributed by atoms with Gasteiger partial charge in [-0.05, 0) is 35.9 Å². The van der Waals surface area contributed by atoms with Crippen LogP contribution in [0.25, 0.3) is 33.2 Å². The van der Waals surface area contributed by atoms with Crippen molar-refractivity contribution >= 4 is 22.1 Å². The molecule has 0 unspecified atom stereocenters. The van der Waals surface area contributed by atoms with Crippen LogP contribution in [0.5, 0.6) is 5.75 Å². The Bertz CT molecular complexity index is 962. The molecule has 4 rings (SSSR count). The van der Waals surface area contributed by atoms with Gasteiger partial charge in [0.15, 0.2) is 0 Å². The van der Waals surface area contributed by atoms with E-state index in [1.807, 2.05) is 60.7 Å². The predicted molar refractivity (Wildman–Crippen MR) is 89.0 cm³/mol. The first-order chi connectivity index (χ1) is 10.8. The lowest BCUT2D eigenvalue weighted by atomic mass is 10.0. The SMILES string of the molecule is COc1ccc(-c2cccc3nc4ccccc4nc23)cc1. The van der Waals surface area contributed by atoms with Crippen LogP contribution in [0.1, 0.15) is 0 Å². The molecule has 0 fully saturated rings. The van der Waals surface area contributed by atoms with Gasteiger partial charge in [0.1, 0.15) is 5.75 Å². The molecule has 0 N–H and O–H groups in total. The highest BCUT2D eigenvalue weighted by atomic mass is 16.5. The number of hydrogen-bond acceptors (Lipinski definition) is 3. The number of hydrogen-bond donors (Lipinski definition) is 0. The Hall–Kier alpha value is -2.94. The fourth-order valence-electron chi connectivity index (χ4n) is 2.65. The van der Waals surface area contributed by atoms with Crippen molar-refractivity contribution in [2.75, 3.05) is 7.11 Å². The normalized spacial score (nSPS) is 11.0. The number of nitrogens with zero attached hydrogens (tertiary/aromatic N) is 2. The number of fused-ring (bicyclic) bond motifs is 2. The Morgan fingerprint density at radius 1 is 0.682 bits per heavy atom. The van der Waals surface area contributed by atoms with Crippen LogP contribution in [-0.2, 0) is 0 Å². The maximum absolute atomic E-state index is 5.22. The van der Waals surface area contributed by atoms with Gasteiger partial charge in [-0.25, -0.2) is 9.97 Å². The average Bonchev–Trinajstić information content (AvgIpc) is 2.59. The molecule has 0 spiro atoms. The molecule has 0 aliphatic rings. The van der Waals surface area contributed by atoms with Gasteiger partial charge in [-0.3, -0.25) is 0 Å². The summed E-state index contributed by atoms with van der Waals surface area (Å²) >= 11 is 0. The van der Waals surface area contributed by atoms with Crippen LogP contribution in [0.15, 0.2) is 66.7 Å². The molecule has 0 atom stereocenters. The summed E-state index contributed by atoms with van der Waals surface area (Å²) in [5, 5.41) is 0. The first-order valence-electron chi connectivity index (χ1n) is 7.15. The lowest BCUT2D eigenvalue weighted by molar-refractivity contribution is 0.415. The summed E-state index contributed by atoms with van der Waals surface area (Å²) in [5.41, 5.74) is 5.85. The second-order valence-corrected chi connectivity index (χ2v) is 5.11. The number of ether oxygens (including phenoxy) is 1. The molecule has 0 aliphatic carbocycles. The molecule has 0 radical (unpaired) electrons. The van der Waals surface area contributed by atoms with E-state index < -0.39 is 0 Å². The molecule has 4 aromatic rings. The van der Waals surface area contributed by atoms with Crippen LogP contribution in [-0.4, -0.2) is 17.1 Å². The lowest BCUT2D eigenvalue weighted by Gasteiger charge is -2.08. The van der Waals surface area contributed by atoms with E-state index in [0.717, 1.165) is 38.9 Å². The Balaban J connectivity index is 1.98. The Morgan fingerprint density at radius 2 is 1.36 bits per heavy atom.